The largest absolute Gasteiger partial charge is 0.311 e. The van der Waals surface area contributed by atoms with Crippen molar-refractivity contribution in [3.63, 3.8) is 0 Å². The smallest absolute Gasteiger partial charge is 0.0964 e. The highest BCUT2D eigenvalue weighted by Gasteiger charge is 1.98. The second-order valence-corrected chi connectivity index (χ2v) is 3.73. The molecule has 0 aliphatic heterocycles. The van der Waals surface area contributed by atoms with Crippen molar-refractivity contribution in [3.8, 4) is 0 Å². The van der Waals surface area contributed by atoms with Gasteiger partial charge in [-0.1, -0.05) is 12.1 Å². The first-order valence-electron chi connectivity index (χ1n) is 4.45. The SMILES string of the molecule is CCNCc1cn(CCSC)nn1. The van der Waals surface area contributed by atoms with Crippen LogP contribution in [0.1, 0.15) is 12.6 Å². The molecule has 0 unspecified atom stereocenters. The van der Waals surface area contributed by atoms with Gasteiger partial charge in [0.05, 0.1) is 12.2 Å². The Labute approximate surface area is 83.1 Å². The van der Waals surface area contributed by atoms with E-state index in [4.69, 9.17) is 0 Å². The maximum Gasteiger partial charge on any atom is 0.0964 e. The Hall–Kier alpha value is -0.550. The van der Waals surface area contributed by atoms with Crippen molar-refractivity contribution >= 4 is 11.8 Å². The number of hydrogen-bond donors (Lipinski definition) is 1. The first kappa shape index (κ1) is 10.5. The molecule has 0 aliphatic rings. The van der Waals surface area contributed by atoms with Crippen molar-refractivity contribution in [2.24, 2.45) is 0 Å². The van der Waals surface area contributed by atoms with E-state index in [1.807, 2.05) is 22.6 Å². The molecule has 1 rings (SSSR count). The Morgan fingerprint density at radius 3 is 3.15 bits per heavy atom. The summed E-state index contributed by atoms with van der Waals surface area (Å²) in [5, 5.41) is 11.3. The van der Waals surface area contributed by atoms with Gasteiger partial charge in [0.1, 0.15) is 0 Å². The summed E-state index contributed by atoms with van der Waals surface area (Å²) in [6, 6.07) is 0. The zero-order valence-corrected chi connectivity index (χ0v) is 8.97. The van der Waals surface area contributed by atoms with Crippen molar-refractivity contribution in [2.45, 2.75) is 20.0 Å². The Morgan fingerprint density at radius 2 is 2.46 bits per heavy atom. The van der Waals surface area contributed by atoms with Crippen LogP contribution in [0.3, 0.4) is 0 Å². The van der Waals surface area contributed by atoms with E-state index >= 15 is 0 Å². The van der Waals surface area contributed by atoms with Crippen LogP contribution in [0.5, 0.6) is 0 Å². The Morgan fingerprint density at radius 1 is 1.62 bits per heavy atom. The molecule has 0 aliphatic carbocycles. The Bertz CT molecular complexity index is 213. The molecule has 13 heavy (non-hydrogen) atoms. The molecule has 0 spiro atoms. The van der Waals surface area contributed by atoms with E-state index in [1.165, 1.54) is 0 Å². The minimum absolute atomic E-state index is 0.815. The van der Waals surface area contributed by atoms with Gasteiger partial charge in [0.25, 0.3) is 0 Å². The van der Waals surface area contributed by atoms with Crippen LogP contribution in [0.2, 0.25) is 0 Å². The Balaban J connectivity index is 2.34. The molecule has 1 aromatic heterocycles. The van der Waals surface area contributed by atoms with E-state index < -0.39 is 0 Å². The summed E-state index contributed by atoms with van der Waals surface area (Å²) in [7, 11) is 0. The lowest BCUT2D eigenvalue weighted by atomic mass is 10.4. The predicted octanol–water partition coefficient (Wildman–Crippen LogP) is 0.751. The number of hydrogen-bond acceptors (Lipinski definition) is 4. The topological polar surface area (TPSA) is 42.7 Å². The lowest BCUT2D eigenvalue weighted by Gasteiger charge is -1.96. The molecule has 0 aromatic carbocycles. The van der Waals surface area contributed by atoms with Gasteiger partial charge in [-0.3, -0.25) is 4.68 Å². The van der Waals surface area contributed by atoms with Crippen LogP contribution in [0.25, 0.3) is 0 Å². The normalized spacial score (nSPS) is 10.6. The third-order valence-electron chi connectivity index (χ3n) is 1.67. The van der Waals surface area contributed by atoms with Crippen LogP contribution in [0.4, 0.5) is 0 Å². The summed E-state index contributed by atoms with van der Waals surface area (Å²) in [6.07, 6.45) is 4.09. The molecule has 74 valence electrons. The lowest BCUT2D eigenvalue weighted by Crippen LogP contribution is -2.11. The van der Waals surface area contributed by atoms with Crippen molar-refractivity contribution in [2.75, 3.05) is 18.6 Å². The van der Waals surface area contributed by atoms with Crippen molar-refractivity contribution in [1.29, 1.82) is 0 Å². The molecular weight excluding hydrogens is 184 g/mol. The third-order valence-corrected chi connectivity index (χ3v) is 2.26. The molecule has 0 amide bonds. The molecule has 0 bridgehead atoms. The number of thioether (sulfide) groups is 1. The van der Waals surface area contributed by atoms with Crippen LogP contribution in [0.15, 0.2) is 6.20 Å². The van der Waals surface area contributed by atoms with Crippen LogP contribution in [-0.2, 0) is 13.1 Å². The van der Waals surface area contributed by atoms with Gasteiger partial charge in [-0.15, -0.1) is 5.10 Å². The third kappa shape index (κ3) is 3.78. The molecule has 1 heterocycles. The van der Waals surface area contributed by atoms with Crippen molar-refractivity contribution in [3.05, 3.63) is 11.9 Å². The highest BCUT2D eigenvalue weighted by molar-refractivity contribution is 7.98. The van der Waals surface area contributed by atoms with E-state index in [-0.39, 0.29) is 0 Å². The number of rotatable bonds is 6. The van der Waals surface area contributed by atoms with E-state index in [0.717, 1.165) is 31.1 Å². The first-order chi connectivity index (χ1) is 6.36. The molecule has 0 atom stereocenters. The summed E-state index contributed by atoms with van der Waals surface area (Å²) in [6.45, 7) is 4.81. The molecule has 0 saturated heterocycles. The monoisotopic (exact) mass is 200 g/mol. The second kappa shape index (κ2) is 5.99. The minimum atomic E-state index is 0.815. The number of aryl methyl sites for hydroxylation is 1. The van der Waals surface area contributed by atoms with Gasteiger partial charge >= 0.3 is 0 Å². The fraction of sp³-hybridized carbons (Fsp3) is 0.750. The van der Waals surface area contributed by atoms with Gasteiger partial charge in [0, 0.05) is 18.5 Å². The van der Waals surface area contributed by atoms with Crippen LogP contribution >= 0.6 is 11.8 Å². The van der Waals surface area contributed by atoms with E-state index in [0.29, 0.717) is 0 Å². The highest BCUT2D eigenvalue weighted by atomic mass is 32.2. The molecule has 0 fully saturated rings. The van der Waals surface area contributed by atoms with Gasteiger partial charge in [-0.2, -0.15) is 11.8 Å². The molecule has 1 N–H and O–H groups in total. The fourth-order valence-corrected chi connectivity index (χ4v) is 1.34. The number of nitrogens with zero attached hydrogens (tertiary/aromatic N) is 3. The summed E-state index contributed by atoms with van der Waals surface area (Å²) in [5.41, 5.74) is 1.02. The van der Waals surface area contributed by atoms with Gasteiger partial charge in [-0.05, 0) is 12.8 Å². The van der Waals surface area contributed by atoms with E-state index in [1.54, 1.807) is 0 Å². The predicted molar refractivity (Wildman–Crippen MR) is 55.8 cm³/mol. The fourth-order valence-electron chi connectivity index (χ4n) is 0.967. The van der Waals surface area contributed by atoms with Crippen molar-refractivity contribution < 1.29 is 0 Å². The van der Waals surface area contributed by atoms with Gasteiger partial charge in [-0.25, -0.2) is 0 Å². The molecule has 1 aromatic rings. The Kier molecular flexibility index (Phi) is 4.85. The van der Waals surface area contributed by atoms with Gasteiger partial charge in [0.15, 0.2) is 0 Å². The minimum Gasteiger partial charge on any atom is -0.311 e. The average Bonchev–Trinajstić information content (AvgIpc) is 2.59. The van der Waals surface area contributed by atoms with Crippen LogP contribution in [0, 0.1) is 0 Å². The highest BCUT2D eigenvalue weighted by Crippen LogP contribution is 1.96. The lowest BCUT2D eigenvalue weighted by molar-refractivity contribution is 0.631. The zero-order chi connectivity index (χ0) is 9.52. The maximum absolute atomic E-state index is 4.05. The van der Waals surface area contributed by atoms with Gasteiger partial charge < -0.3 is 5.32 Å². The van der Waals surface area contributed by atoms with Crippen molar-refractivity contribution in [1.82, 2.24) is 20.3 Å². The number of nitrogens with one attached hydrogen (secondary N) is 1. The standard InChI is InChI=1S/C8H16N4S/c1-3-9-6-8-7-12(11-10-8)4-5-13-2/h7,9H,3-6H2,1-2H3. The molecule has 4 nitrogen and oxygen atoms in total. The summed E-state index contributed by atoms with van der Waals surface area (Å²) >= 11 is 1.82. The molecule has 5 heteroatoms. The average molecular weight is 200 g/mol. The molecule has 0 radical (unpaired) electrons. The quantitative estimate of drug-likeness (QED) is 0.736. The summed E-state index contributed by atoms with van der Waals surface area (Å²) in [4.78, 5) is 0. The molecule has 0 saturated carbocycles. The molecular formula is C8H16N4S. The zero-order valence-electron chi connectivity index (χ0n) is 8.16. The second-order valence-electron chi connectivity index (χ2n) is 2.75. The first-order valence-corrected chi connectivity index (χ1v) is 5.85. The maximum atomic E-state index is 4.05. The van der Waals surface area contributed by atoms with Crippen LogP contribution < -0.4 is 5.32 Å². The van der Waals surface area contributed by atoms with Crippen LogP contribution in [-0.4, -0.2) is 33.5 Å². The number of aromatic nitrogens is 3. The van der Waals surface area contributed by atoms with E-state index in [9.17, 15) is 0 Å². The summed E-state index contributed by atoms with van der Waals surface area (Å²) in [5.74, 6) is 1.09. The van der Waals surface area contributed by atoms with Gasteiger partial charge in [0.2, 0.25) is 0 Å². The summed E-state index contributed by atoms with van der Waals surface area (Å²) < 4.78 is 1.89. The van der Waals surface area contributed by atoms with E-state index in [2.05, 4.69) is 28.8 Å².